The maximum absolute atomic E-state index is 14.6. The summed E-state index contributed by atoms with van der Waals surface area (Å²) in [5, 5.41) is 36.8. The van der Waals surface area contributed by atoms with Gasteiger partial charge in [-0.05, 0) is 31.2 Å². The van der Waals surface area contributed by atoms with Gasteiger partial charge in [-0.3, -0.25) is 0 Å². The number of fused-ring (bicyclic) bond motifs is 1. The van der Waals surface area contributed by atoms with Gasteiger partial charge in [0.05, 0.1) is 23.4 Å². The molecule has 0 saturated heterocycles. The summed E-state index contributed by atoms with van der Waals surface area (Å²) in [5.41, 5.74) is 5.43. The highest BCUT2D eigenvalue weighted by atomic mass is 19.1. The number of allylic oxidation sites excluding steroid dienone is 2. The lowest BCUT2D eigenvalue weighted by atomic mass is 9.58. The number of aliphatic hydroxyl groups is 1. The first kappa shape index (κ1) is 21.1. The van der Waals surface area contributed by atoms with Crippen LogP contribution >= 0.6 is 0 Å². The van der Waals surface area contributed by atoms with E-state index in [9.17, 15) is 20.2 Å². The summed E-state index contributed by atoms with van der Waals surface area (Å²) in [4.78, 5) is 2.01. The molecule has 28 heavy (non-hydrogen) atoms. The van der Waals surface area contributed by atoms with Crippen LogP contribution in [0.15, 0.2) is 47.2 Å². The van der Waals surface area contributed by atoms with E-state index in [1.54, 1.807) is 25.1 Å². The molecule has 0 bridgehead atoms. The van der Waals surface area contributed by atoms with Gasteiger partial charge in [0.25, 0.3) is 0 Å². The summed E-state index contributed by atoms with van der Waals surface area (Å²) in [6.45, 7) is 3.06. The molecule has 2 atom stereocenters. The van der Waals surface area contributed by atoms with Gasteiger partial charge in [0.2, 0.25) is 0 Å². The molecular formula is C21H22FN5O. The van der Waals surface area contributed by atoms with Crippen molar-refractivity contribution >= 4 is 0 Å². The van der Waals surface area contributed by atoms with Crippen LogP contribution in [0, 0.1) is 51.1 Å². The molecule has 0 unspecified atom stereocenters. The van der Waals surface area contributed by atoms with Crippen LogP contribution in [0.25, 0.3) is 0 Å². The molecule has 0 spiro atoms. The third-order valence-electron chi connectivity index (χ3n) is 5.09. The van der Waals surface area contributed by atoms with Gasteiger partial charge in [0, 0.05) is 31.5 Å². The summed E-state index contributed by atoms with van der Waals surface area (Å²) in [6.07, 6.45) is 1.88. The Kier molecular flexibility index (Phi) is 6.54. The van der Waals surface area contributed by atoms with Crippen molar-refractivity contribution < 1.29 is 9.50 Å². The molecule has 0 fully saturated rings. The minimum Gasteiger partial charge on any atom is -0.399 e. The molecule has 7 heteroatoms. The average Bonchev–Trinajstić information content (AvgIpc) is 2.69. The first-order valence-electron chi connectivity index (χ1n) is 8.88. The van der Waals surface area contributed by atoms with E-state index in [0.29, 0.717) is 18.7 Å². The molecular weight excluding hydrogens is 357 g/mol. The standard InChI is InChI=1S/C19H16FN5.C2H6O/c1-25-7-6-12-14(8-21)18(24)19(10-22,11-23)17(15(12)9-25)13-4-2-3-5-16(13)20;1-2-3/h2-6,15,17H,7,9,24H2,1H3;3H,2H2,1H3/t15-,17+;/m0./s1. The van der Waals surface area contributed by atoms with Gasteiger partial charge in [-0.25, -0.2) is 4.39 Å². The van der Waals surface area contributed by atoms with E-state index >= 15 is 0 Å². The Morgan fingerprint density at radius 1 is 1.29 bits per heavy atom. The fraction of sp³-hybridized carbons (Fsp3) is 0.381. The Labute approximate surface area is 164 Å². The summed E-state index contributed by atoms with van der Waals surface area (Å²) in [7, 11) is 1.90. The molecule has 3 N–H and O–H groups in total. The van der Waals surface area contributed by atoms with Crippen molar-refractivity contribution in [3.05, 3.63) is 58.6 Å². The lowest BCUT2D eigenvalue weighted by molar-refractivity contribution is 0.234. The zero-order chi connectivity index (χ0) is 20.9. The fourth-order valence-corrected chi connectivity index (χ4v) is 3.90. The quantitative estimate of drug-likeness (QED) is 0.771. The second-order valence-electron chi connectivity index (χ2n) is 6.73. The largest absolute Gasteiger partial charge is 0.399 e. The van der Waals surface area contributed by atoms with Gasteiger partial charge in [0.1, 0.15) is 11.9 Å². The molecule has 6 nitrogen and oxygen atoms in total. The van der Waals surface area contributed by atoms with Crippen molar-refractivity contribution in [2.24, 2.45) is 17.1 Å². The van der Waals surface area contributed by atoms with Crippen molar-refractivity contribution in [2.75, 3.05) is 26.7 Å². The molecule has 1 aromatic rings. The number of rotatable bonds is 1. The lowest BCUT2D eigenvalue weighted by Gasteiger charge is -2.45. The molecule has 3 rings (SSSR count). The number of benzene rings is 1. The van der Waals surface area contributed by atoms with Crippen LogP contribution < -0.4 is 5.73 Å². The van der Waals surface area contributed by atoms with Crippen LogP contribution in [-0.2, 0) is 0 Å². The lowest BCUT2D eigenvalue weighted by Crippen LogP contribution is -2.47. The number of nitrogens with zero attached hydrogens (tertiary/aromatic N) is 4. The number of nitrogens with two attached hydrogens (primary N) is 1. The Morgan fingerprint density at radius 3 is 2.43 bits per heavy atom. The first-order valence-corrected chi connectivity index (χ1v) is 8.88. The van der Waals surface area contributed by atoms with E-state index in [2.05, 4.69) is 0 Å². The minimum atomic E-state index is -1.78. The van der Waals surface area contributed by atoms with Crippen LogP contribution in [0.5, 0.6) is 0 Å². The molecule has 0 aromatic heterocycles. The highest BCUT2D eigenvalue weighted by Crippen LogP contribution is 2.54. The minimum absolute atomic E-state index is 0.0830. The van der Waals surface area contributed by atoms with Crippen molar-refractivity contribution in [3.8, 4) is 18.2 Å². The van der Waals surface area contributed by atoms with E-state index in [1.807, 2.05) is 36.2 Å². The molecule has 0 saturated carbocycles. The van der Waals surface area contributed by atoms with Gasteiger partial charge >= 0.3 is 0 Å². The maximum atomic E-state index is 14.6. The Morgan fingerprint density at radius 2 is 1.89 bits per heavy atom. The Hall–Kier alpha value is -3.18. The zero-order valence-electron chi connectivity index (χ0n) is 15.9. The predicted octanol–water partition coefficient (Wildman–Crippen LogP) is 2.18. The van der Waals surface area contributed by atoms with Gasteiger partial charge in [-0.1, -0.05) is 24.3 Å². The van der Waals surface area contributed by atoms with Crippen LogP contribution in [0.1, 0.15) is 18.4 Å². The first-order chi connectivity index (χ1) is 13.4. The van der Waals surface area contributed by atoms with Crippen LogP contribution in [-0.4, -0.2) is 36.8 Å². The Balaban J connectivity index is 0.000000878. The number of halogens is 1. The number of hydrogen-bond donors (Lipinski definition) is 2. The van der Waals surface area contributed by atoms with Gasteiger partial charge < -0.3 is 15.7 Å². The molecule has 1 aliphatic heterocycles. The van der Waals surface area contributed by atoms with E-state index in [-0.39, 0.29) is 29.4 Å². The van der Waals surface area contributed by atoms with E-state index in [1.165, 1.54) is 6.07 Å². The second-order valence-corrected chi connectivity index (χ2v) is 6.73. The summed E-state index contributed by atoms with van der Waals surface area (Å²) >= 11 is 0. The maximum Gasteiger partial charge on any atom is 0.191 e. The topological polar surface area (TPSA) is 121 Å². The van der Waals surface area contributed by atoms with Crippen LogP contribution in [0.3, 0.4) is 0 Å². The number of nitriles is 3. The van der Waals surface area contributed by atoms with Crippen molar-refractivity contribution in [2.45, 2.75) is 12.8 Å². The monoisotopic (exact) mass is 379 g/mol. The van der Waals surface area contributed by atoms with E-state index in [0.717, 1.165) is 0 Å². The molecule has 1 aromatic carbocycles. The normalized spacial score (nSPS) is 23.1. The molecule has 1 heterocycles. The van der Waals surface area contributed by atoms with Crippen molar-refractivity contribution in [3.63, 3.8) is 0 Å². The molecule has 1 aliphatic carbocycles. The number of likely N-dealkylation sites (N-methyl/N-ethyl adjacent to an activating group) is 1. The highest BCUT2D eigenvalue weighted by molar-refractivity contribution is 5.59. The van der Waals surface area contributed by atoms with E-state index in [4.69, 9.17) is 10.8 Å². The molecule has 2 aliphatic rings. The SMILES string of the molecule is CCO.CN1CC=C2C(C#N)=C(N)C(C#N)(C#N)[C@H](c3ccccc3F)[C@H]2C1. The third kappa shape index (κ3) is 3.37. The van der Waals surface area contributed by atoms with Crippen molar-refractivity contribution in [1.82, 2.24) is 4.90 Å². The number of aliphatic hydroxyl groups excluding tert-OH is 1. The van der Waals surface area contributed by atoms with Crippen molar-refractivity contribution in [1.29, 1.82) is 15.8 Å². The number of hydrogen-bond acceptors (Lipinski definition) is 6. The van der Waals surface area contributed by atoms with Gasteiger partial charge in [-0.2, -0.15) is 15.8 Å². The third-order valence-corrected chi connectivity index (χ3v) is 5.09. The summed E-state index contributed by atoms with van der Waals surface area (Å²) in [6, 6.07) is 12.2. The highest BCUT2D eigenvalue weighted by Gasteiger charge is 2.54. The molecule has 144 valence electrons. The molecule has 0 radical (unpaired) electrons. The van der Waals surface area contributed by atoms with Gasteiger partial charge in [-0.15, -0.1) is 0 Å². The molecule has 0 amide bonds. The van der Waals surface area contributed by atoms with Gasteiger partial charge in [0.15, 0.2) is 5.41 Å². The second kappa shape index (κ2) is 8.67. The van der Waals surface area contributed by atoms with Crippen LogP contribution in [0.4, 0.5) is 4.39 Å². The predicted molar refractivity (Wildman–Crippen MR) is 101 cm³/mol. The van der Waals surface area contributed by atoms with E-state index < -0.39 is 17.2 Å². The summed E-state index contributed by atoms with van der Waals surface area (Å²) < 4.78 is 14.6. The summed E-state index contributed by atoms with van der Waals surface area (Å²) in [5.74, 6) is -1.63. The zero-order valence-corrected chi connectivity index (χ0v) is 15.9. The smallest absolute Gasteiger partial charge is 0.191 e. The average molecular weight is 379 g/mol. The fourth-order valence-electron chi connectivity index (χ4n) is 3.90. The Bertz CT molecular complexity index is 917. The van der Waals surface area contributed by atoms with Crippen LogP contribution in [0.2, 0.25) is 0 Å².